The highest BCUT2D eigenvalue weighted by atomic mass is 16.4. The number of imidazole rings is 1. The average molecular weight is 265 g/mol. The van der Waals surface area contributed by atoms with E-state index in [2.05, 4.69) is 15.0 Å². The highest BCUT2D eigenvalue weighted by Gasteiger charge is 2.38. The topological polar surface area (TPSA) is 130 Å². The van der Waals surface area contributed by atoms with E-state index in [1.54, 1.807) is 4.57 Å². The number of aliphatic hydroxyl groups is 3. The van der Waals surface area contributed by atoms with Crippen molar-refractivity contribution in [3.63, 3.8) is 0 Å². The van der Waals surface area contributed by atoms with Crippen LogP contribution in [-0.4, -0.2) is 53.2 Å². The molecule has 2 heterocycles. The summed E-state index contributed by atoms with van der Waals surface area (Å²) in [5.74, 6) is 0.273. The molecule has 1 aliphatic rings. The molecule has 3 rings (SSSR count). The monoisotopic (exact) mass is 265 g/mol. The van der Waals surface area contributed by atoms with Crippen molar-refractivity contribution in [1.82, 2.24) is 19.5 Å². The van der Waals surface area contributed by atoms with Crippen molar-refractivity contribution in [1.29, 1.82) is 0 Å². The van der Waals surface area contributed by atoms with Gasteiger partial charge in [0, 0.05) is 0 Å². The summed E-state index contributed by atoms with van der Waals surface area (Å²) < 4.78 is 1.67. The van der Waals surface area contributed by atoms with Crippen LogP contribution < -0.4 is 5.73 Å². The number of nitrogens with two attached hydrogens (primary N) is 1. The van der Waals surface area contributed by atoms with Gasteiger partial charge in [-0.3, -0.25) is 0 Å². The Morgan fingerprint density at radius 2 is 1.89 bits per heavy atom. The predicted octanol–water partition coefficient (Wildman–Crippen LogP) is -1.17. The standard InChI is InChI=1S/C11H15N5O3/c12-10-7-11(14-3-13-10)16(4-15-7)5-1-2-6(17)9(19)8(5)18/h3-6,8-9,17-19H,1-2H2,(H2,12,13,14)/t5-,6+,8+,9-/m1/s1. The average Bonchev–Trinajstić information content (AvgIpc) is 2.82. The number of hydrogen-bond donors (Lipinski definition) is 4. The lowest BCUT2D eigenvalue weighted by atomic mass is 9.87. The Balaban J connectivity index is 2.03. The van der Waals surface area contributed by atoms with Gasteiger partial charge >= 0.3 is 0 Å². The second kappa shape index (κ2) is 4.41. The van der Waals surface area contributed by atoms with E-state index >= 15 is 0 Å². The SMILES string of the molecule is Nc1ncnc2c1ncn2[C@@H]1CC[C@H](O)[C@@H](O)[C@H]1O. The fourth-order valence-electron chi connectivity index (χ4n) is 2.55. The summed E-state index contributed by atoms with van der Waals surface area (Å²) in [5, 5.41) is 29.4. The lowest BCUT2D eigenvalue weighted by molar-refractivity contribution is -0.105. The summed E-state index contributed by atoms with van der Waals surface area (Å²) in [6, 6.07) is -0.391. The van der Waals surface area contributed by atoms with Gasteiger partial charge in [-0.05, 0) is 12.8 Å². The van der Waals surface area contributed by atoms with E-state index in [1.807, 2.05) is 0 Å². The molecule has 0 radical (unpaired) electrons. The quantitative estimate of drug-likeness (QED) is 0.511. The lowest BCUT2D eigenvalue weighted by Crippen LogP contribution is -2.46. The Kier molecular flexibility index (Phi) is 2.85. The van der Waals surface area contributed by atoms with Crippen LogP contribution in [0.1, 0.15) is 18.9 Å². The van der Waals surface area contributed by atoms with E-state index in [-0.39, 0.29) is 5.82 Å². The van der Waals surface area contributed by atoms with Gasteiger partial charge in [0.1, 0.15) is 24.1 Å². The van der Waals surface area contributed by atoms with Crippen LogP contribution in [-0.2, 0) is 0 Å². The molecule has 19 heavy (non-hydrogen) atoms. The molecule has 0 unspecified atom stereocenters. The zero-order valence-corrected chi connectivity index (χ0v) is 10.1. The van der Waals surface area contributed by atoms with Gasteiger partial charge in [-0.25, -0.2) is 15.0 Å². The van der Waals surface area contributed by atoms with Gasteiger partial charge in [-0.2, -0.15) is 0 Å². The molecule has 8 nitrogen and oxygen atoms in total. The first-order chi connectivity index (χ1) is 9.09. The summed E-state index contributed by atoms with van der Waals surface area (Å²) in [5.41, 5.74) is 6.69. The maximum atomic E-state index is 10.1. The Labute approximate surface area is 108 Å². The third kappa shape index (κ3) is 1.84. The van der Waals surface area contributed by atoms with Crippen LogP contribution in [0, 0.1) is 0 Å². The van der Waals surface area contributed by atoms with Crippen LogP contribution in [0.4, 0.5) is 5.82 Å². The van der Waals surface area contributed by atoms with Crippen LogP contribution in [0.3, 0.4) is 0 Å². The van der Waals surface area contributed by atoms with Crippen molar-refractivity contribution in [3.8, 4) is 0 Å². The van der Waals surface area contributed by atoms with Gasteiger partial charge in [0.25, 0.3) is 0 Å². The van der Waals surface area contributed by atoms with Crippen molar-refractivity contribution in [2.75, 3.05) is 5.73 Å². The van der Waals surface area contributed by atoms with Crippen LogP contribution in [0.15, 0.2) is 12.7 Å². The molecule has 0 saturated heterocycles. The molecular formula is C11H15N5O3. The molecule has 0 bridgehead atoms. The lowest BCUT2D eigenvalue weighted by Gasteiger charge is -2.35. The van der Waals surface area contributed by atoms with Crippen molar-refractivity contribution in [2.24, 2.45) is 0 Å². The van der Waals surface area contributed by atoms with E-state index < -0.39 is 24.4 Å². The number of nitrogen functional groups attached to an aromatic ring is 1. The number of nitrogens with zero attached hydrogens (tertiary/aromatic N) is 4. The molecule has 5 N–H and O–H groups in total. The minimum atomic E-state index is -1.17. The highest BCUT2D eigenvalue weighted by molar-refractivity contribution is 5.81. The number of rotatable bonds is 1. The third-order valence-electron chi connectivity index (χ3n) is 3.64. The summed E-state index contributed by atoms with van der Waals surface area (Å²) in [7, 11) is 0. The van der Waals surface area contributed by atoms with Gasteiger partial charge in [0.05, 0.1) is 18.5 Å². The molecule has 1 fully saturated rings. The number of fused-ring (bicyclic) bond motifs is 1. The molecule has 0 spiro atoms. The molecular weight excluding hydrogens is 250 g/mol. The molecule has 1 saturated carbocycles. The molecule has 1 aliphatic carbocycles. The van der Waals surface area contributed by atoms with Gasteiger partial charge in [-0.1, -0.05) is 0 Å². The Morgan fingerprint density at radius 1 is 1.11 bits per heavy atom. The second-order valence-corrected chi connectivity index (χ2v) is 4.78. The van der Waals surface area contributed by atoms with Crippen LogP contribution in [0.2, 0.25) is 0 Å². The van der Waals surface area contributed by atoms with E-state index in [4.69, 9.17) is 5.73 Å². The van der Waals surface area contributed by atoms with Gasteiger partial charge in [0.15, 0.2) is 11.5 Å². The second-order valence-electron chi connectivity index (χ2n) is 4.78. The van der Waals surface area contributed by atoms with E-state index in [0.29, 0.717) is 24.0 Å². The fourth-order valence-corrected chi connectivity index (χ4v) is 2.55. The molecule has 2 aromatic rings. The van der Waals surface area contributed by atoms with Crippen LogP contribution in [0.5, 0.6) is 0 Å². The highest BCUT2D eigenvalue weighted by Crippen LogP contribution is 2.31. The molecule has 102 valence electrons. The molecule has 2 aromatic heterocycles. The van der Waals surface area contributed by atoms with Crippen molar-refractivity contribution >= 4 is 17.0 Å². The minimum Gasteiger partial charge on any atom is -0.390 e. The number of hydrogen-bond acceptors (Lipinski definition) is 7. The molecule has 0 aliphatic heterocycles. The Bertz CT molecular complexity index is 601. The predicted molar refractivity (Wildman–Crippen MR) is 66.0 cm³/mol. The first-order valence-corrected chi connectivity index (χ1v) is 6.07. The number of aliphatic hydroxyl groups excluding tert-OH is 3. The van der Waals surface area contributed by atoms with Gasteiger partial charge in [-0.15, -0.1) is 0 Å². The summed E-state index contributed by atoms with van der Waals surface area (Å²) in [6.07, 6.45) is 0.635. The number of aromatic nitrogens is 4. The summed E-state index contributed by atoms with van der Waals surface area (Å²) >= 11 is 0. The normalized spacial score (nSPS) is 31.7. The minimum absolute atomic E-state index is 0.273. The van der Waals surface area contributed by atoms with Gasteiger partial charge < -0.3 is 25.6 Å². The number of anilines is 1. The van der Waals surface area contributed by atoms with Gasteiger partial charge in [0.2, 0.25) is 0 Å². The Morgan fingerprint density at radius 3 is 2.68 bits per heavy atom. The smallest absolute Gasteiger partial charge is 0.165 e. The molecule has 4 atom stereocenters. The van der Waals surface area contributed by atoms with Crippen molar-refractivity contribution < 1.29 is 15.3 Å². The van der Waals surface area contributed by atoms with E-state index in [9.17, 15) is 15.3 Å². The first-order valence-electron chi connectivity index (χ1n) is 6.07. The summed E-state index contributed by atoms with van der Waals surface area (Å²) in [4.78, 5) is 12.1. The van der Waals surface area contributed by atoms with Crippen LogP contribution >= 0.6 is 0 Å². The van der Waals surface area contributed by atoms with E-state index in [0.717, 1.165) is 0 Å². The van der Waals surface area contributed by atoms with Crippen LogP contribution in [0.25, 0.3) is 11.2 Å². The van der Waals surface area contributed by atoms with Crippen molar-refractivity contribution in [3.05, 3.63) is 12.7 Å². The maximum absolute atomic E-state index is 10.1. The largest absolute Gasteiger partial charge is 0.390 e. The maximum Gasteiger partial charge on any atom is 0.165 e. The molecule has 0 aromatic carbocycles. The molecule has 0 amide bonds. The van der Waals surface area contributed by atoms with E-state index in [1.165, 1.54) is 12.7 Å². The third-order valence-corrected chi connectivity index (χ3v) is 3.64. The summed E-state index contributed by atoms with van der Waals surface area (Å²) in [6.45, 7) is 0. The molecule has 8 heteroatoms. The zero-order chi connectivity index (χ0) is 13.6. The fraction of sp³-hybridized carbons (Fsp3) is 0.545. The Hall–Kier alpha value is -1.77. The first kappa shape index (κ1) is 12.3. The zero-order valence-electron chi connectivity index (χ0n) is 10.1. The van der Waals surface area contributed by atoms with Crippen molar-refractivity contribution in [2.45, 2.75) is 37.2 Å².